The quantitative estimate of drug-likeness (QED) is 0.593. The number of hydrogen-bond donors (Lipinski definition) is 0. The van der Waals surface area contributed by atoms with E-state index in [1.165, 1.54) is 18.1 Å². The lowest BCUT2D eigenvalue weighted by Crippen LogP contribution is -2.30. The Morgan fingerprint density at radius 3 is 1.38 bits per heavy atom. The summed E-state index contributed by atoms with van der Waals surface area (Å²) in [7, 11) is -1.93. The minimum Gasteiger partial charge on any atom is -0.103 e. The lowest BCUT2D eigenvalue weighted by Gasteiger charge is -2.25. The van der Waals surface area contributed by atoms with E-state index in [9.17, 15) is 0 Å². The molecule has 13 heavy (non-hydrogen) atoms. The zero-order valence-corrected chi connectivity index (χ0v) is 12.3. The summed E-state index contributed by atoms with van der Waals surface area (Å²) in [5.41, 5.74) is 5.20. The summed E-state index contributed by atoms with van der Waals surface area (Å²) < 4.78 is 0. The third-order valence-electron chi connectivity index (χ3n) is 3.05. The van der Waals surface area contributed by atoms with E-state index in [4.69, 9.17) is 0 Å². The third kappa shape index (κ3) is 4.82. The average molecular weight is 215 g/mol. The maximum Gasteiger partial charge on any atom is 0.0761 e. The van der Waals surface area contributed by atoms with Gasteiger partial charge in [0.2, 0.25) is 0 Å². The van der Waals surface area contributed by atoms with Crippen LogP contribution < -0.4 is 0 Å². The SMILES string of the molecule is CC[Si](/C=C\[Si](C)(C)C)(CC)CC. The highest BCUT2D eigenvalue weighted by atomic mass is 28.3. The van der Waals surface area contributed by atoms with Crippen molar-refractivity contribution in [2.24, 2.45) is 0 Å². The summed E-state index contributed by atoms with van der Waals surface area (Å²) in [6.07, 6.45) is 0. The summed E-state index contributed by atoms with van der Waals surface area (Å²) in [6.45, 7) is 14.4. The minimum atomic E-state index is -0.973. The predicted molar refractivity (Wildman–Crippen MR) is 69.7 cm³/mol. The Morgan fingerprint density at radius 1 is 0.769 bits per heavy atom. The van der Waals surface area contributed by atoms with Gasteiger partial charge in [-0.15, -0.1) is 11.4 Å². The van der Waals surface area contributed by atoms with Crippen LogP contribution in [0.4, 0.5) is 0 Å². The van der Waals surface area contributed by atoms with Gasteiger partial charge in [-0.05, 0) is 0 Å². The molecule has 0 aliphatic rings. The van der Waals surface area contributed by atoms with E-state index in [0.717, 1.165) is 0 Å². The molecule has 0 heterocycles. The molecule has 0 amide bonds. The Morgan fingerprint density at radius 2 is 1.15 bits per heavy atom. The molecule has 0 spiro atoms. The van der Waals surface area contributed by atoms with Crippen molar-refractivity contribution in [3.05, 3.63) is 11.4 Å². The maximum absolute atomic E-state index is 2.64. The maximum atomic E-state index is 2.64. The van der Waals surface area contributed by atoms with Crippen molar-refractivity contribution >= 4 is 16.1 Å². The van der Waals surface area contributed by atoms with Crippen molar-refractivity contribution < 1.29 is 0 Å². The molecule has 0 atom stereocenters. The normalized spacial score (nSPS) is 14.0. The Kier molecular flexibility index (Phi) is 5.22. The van der Waals surface area contributed by atoms with Gasteiger partial charge in [-0.25, -0.2) is 0 Å². The van der Waals surface area contributed by atoms with Gasteiger partial charge in [0.05, 0.1) is 16.1 Å². The van der Waals surface area contributed by atoms with Crippen molar-refractivity contribution in [3.8, 4) is 0 Å². The molecule has 78 valence electrons. The van der Waals surface area contributed by atoms with E-state index in [0.29, 0.717) is 0 Å². The summed E-state index contributed by atoms with van der Waals surface area (Å²) in [5.74, 6) is 0. The van der Waals surface area contributed by atoms with E-state index < -0.39 is 16.1 Å². The predicted octanol–water partition coefficient (Wildman–Crippen LogP) is 4.47. The summed E-state index contributed by atoms with van der Waals surface area (Å²) in [5, 5.41) is 0. The first kappa shape index (κ1) is 13.2. The van der Waals surface area contributed by atoms with Crippen molar-refractivity contribution in [1.29, 1.82) is 0 Å². The van der Waals surface area contributed by atoms with Crippen LogP contribution in [0.2, 0.25) is 37.8 Å². The van der Waals surface area contributed by atoms with E-state index in [1.54, 1.807) is 0 Å². The second kappa shape index (κ2) is 5.15. The molecule has 0 saturated carbocycles. The number of rotatable bonds is 5. The highest BCUT2D eigenvalue weighted by molar-refractivity contribution is 6.88. The van der Waals surface area contributed by atoms with Crippen LogP contribution in [0.3, 0.4) is 0 Å². The fourth-order valence-corrected chi connectivity index (χ4v) is 7.15. The van der Waals surface area contributed by atoms with Crippen LogP contribution in [0.1, 0.15) is 20.8 Å². The number of hydrogen-bond acceptors (Lipinski definition) is 0. The van der Waals surface area contributed by atoms with Crippen LogP contribution in [0.5, 0.6) is 0 Å². The molecule has 0 saturated heterocycles. The van der Waals surface area contributed by atoms with E-state index in [1.807, 2.05) is 0 Å². The molecule has 0 N–H and O–H groups in total. The summed E-state index contributed by atoms with van der Waals surface area (Å²) >= 11 is 0. The molecule has 0 radical (unpaired) electrons. The van der Waals surface area contributed by atoms with Crippen LogP contribution in [0, 0.1) is 0 Å². The molecule has 0 aliphatic carbocycles. The fraction of sp³-hybridized carbons (Fsp3) is 0.818. The topological polar surface area (TPSA) is 0 Å². The van der Waals surface area contributed by atoms with Gasteiger partial charge >= 0.3 is 0 Å². The Balaban J connectivity index is 4.51. The first-order chi connectivity index (χ1) is 5.89. The molecule has 0 fully saturated rings. The van der Waals surface area contributed by atoms with Crippen LogP contribution in [0.15, 0.2) is 11.4 Å². The second-order valence-electron chi connectivity index (χ2n) is 5.12. The van der Waals surface area contributed by atoms with Gasteiger partial charge in [-0.2, -0.15) is 0 Å². The van der Waals surface area contributed by atoms with Gasteiger partial charge in [0, 0.05) is 0 Å². The molecule has 0 aromatic carbocycles. The average Bonchev–Trinajstić information content (AvgIpc) is 2.06. The lowest BCUT2D eigenvalue weighted by molar-refractivity contribution is 1.19. The van der Waals surface area contributed by atoms with Crippen molar-refractivity contribution in [3.63, 3.8) is 0 Å². The highest BCUT2D eigenvalue weighted by Crippen LogP contribution is 2.22. The minimum absolute atomic E-state index is 0.962. The third-order valence-corrected chi connectivity index (χ3v) is 9.65. The molecular formula is C11H26Si2. The molecule has 0 aromatic heterocycles. The molecule has 0 bridgehead atoms. The largest absolute Gasteiger partial charge is 0.103 e. The first-order valence-electron chi connectivity index (χ1n) is 5.59. The zero-order valence-electron chi connectivity index (χ0n) is 10.3. The van der Waals surface area contributed by atoms with Crippen LogP contribution in [-0.4, -0.2) is 16.1 Å². The van der Waals surface area contributed by atoms with Gasteiger partial charge in [0.1, 0.15) is 0 Å². The Hall–Kier alpha value is 0.174. The van der Waals surface area contributed by atoms with E-state index >= 15 is 0 Å². The molecule has 0 rings (SSSR count). The molecular weight excluding hydrogens is 188 g/mol. The summed E-state index contributed by atoms with van der Waals surface area (Å²) in [4.78, 5) is 0. The van der Waals surface area contributed by atoms with Gasteiger partial charge in [-0.3, -0.25) is 0 Å². The van der Waals surface area contributed by atoms with Crippen molar-refractivity contribution in [2.45, 2.75) is 58.5 Å². The van der Waals surface area contributed by atoms with Gasteiger partial charge in [0.15, 0.2) is 0 Å². The standard InChI is InChI=1S/C11H26Si2/c1-7-13(8-2,9-3)11-10-12(4,5)6/h10-11H,7-9H2,1-6H3/b11-10-. The monoisotopic (exact) mass is 214 g/mol. The first-order valence-corrected chi connectivity index (χ1v) is 11.9. The zero-order chi connectivity index (χ0) is 10.5. The van der Waals surface area contributed by atoms with Gasteiger partial charge in [0.25, 0.3) is 0 Å². The Labute approximate surface area is 86.5 Å². The molecule has 0 aliphatic heterocycles. The smallest absolute Gasteiger partial charge is 0.0761 e. The molecule has 0 aromatic rings. The van der Waals surface area contributed by atoms with E-state index in [2.05, 4.69) is 51.8 Å². The second-order valence-corrected chi connectivity index (χ2v) is 15.4. The fourth-order valence-electron chi connectivity index (χ4n) is 1.53. The Bertz CT molecular complexity index is 153. The molecule has 0 nitrogen and oxygen atoms in total. The molecule has 2 heteroatoms. The van der Waals surface area contributed by atoms with Gasteiger partial charge < -0.3 is 0 Å². The molecule has 0 unspecified atom stereocenters. The highest BCUT2D eigenvalue weighted by Gasteiger charge is 2.23. The van der Waals surface area contributed by atoms with Crippen molar-refractivity contribution in [2.75, 3.05) is 0 Å². The van der Waals surface area contributed by atoms with E-state index in [-0.39, 0.29) is 0 Å². The van der Waals surface area contributed by atoms with Crippen molar-refractivity contribution in [1.82, 2.24) is 0 Å². The van der Waals surface area contributed by atoms with Crippen LogP contribution >= 0.6 is 0 Å². The lowest BCUT2D eigenvalue weighted by atomic mass is 10.9. The van der Waals surface area contributed by atoms with Gasteiger partial charge in [-0.1, -0.05) is 58.5 Å². The van der Waals surface area contributed by atoms with Crippen LogP contribution in [0.25, 0.3) is 0 Å². The van der Waals surface area contributed by atoms with Crippen LogP contribution in [-0.2, 0) is 0 Å². The summed E-state index contributed by atoms with van der Waals surface area (Å²) in [6, 6.07) is 4.25.